The summed E-state index contributed by atoms with van der Waals surface area (Å²) in [5.41, 5.74) is 1.26. The van der Waals surface area contributed by atoms with Crippen LogP contribution in [0.1, 0.15) is 22.2 Å². The first kappa shape index (κ1) is 12.0. The number of thiophene rings is 1. The fourth-order valence-corrected chi connectivity index (χ4v) is 4.29. The van der Waals surface area contributed by atoms with Crippen LogP contribution in [0, 0.1) is 6.92 Å². The minimum Gasteiger partial charge on any atom is -0.396 e. The van der Waals surface area contributed by atoms with Gasteiger partial charge in [-0.25, -0.2) is 0 Å². The van der Waals surface area contributed by atoms with Crippen molar-refractivity contribution in [3.05, 3.63) is 21.9 Å². The fourth-order valence-electron chi connectivity index (χ4n) is 1.79. The van der Waals surface area contributed by atoms with Gasteiger partial charge in [-0.05, 0) is 30.4 Å². The van der Waals surface area contributed by atoms with E-state index in [1.807, 2.05) is 4.90 Å². The van der Waals surface area contributed by atoms with Crippen LogP contribution >= 0.6 is 23.1 Å². The van der Waals surface area contributed by atoms with Crippen LogP contribution in [-0.2, 0) is 4.79 Å². The van der Waals surface area contributed by atoms with Crippen LogP contribution in [0.15, 0.2) is 11.4 Å². The number of carbonyl (C=O) groups is 1. The monoisotopic (exact) mass is 257 g/mol. The molecule has 1 aliphatic rings. The second-order valence-corrected chi connectivity index (χ2v) is 5.81. The average Bonchev–Trinajstić information content (AvgIpc) is 2.82. The van der Waals surface area contributed by atoms with Gasteiger partial charge in [0.1, 0.15) is 5.37 Å². The number of nitrogens with zero attached hydrogens (tertiary/aromatic N) is 1. The maximum atomic E-state index is 11.7. The number of aryl methyl sites for hydroxylation is 1. The highest BCUT2D eigenvalue weighted by atomic mass is 32.2. The quantitative estimate of drug-likeness (QED) is 0.897. The van der Waals surface area contributed by atoms with Crippen molar-refractivity contribution in [2.24, 2.45) is 0 Å². The van der Waals surface area contributed by atoms with E-state index in [0.717, 1.165) is 0 Å². The molecule has 1 saturated heterocycles. The molecule has 1 aromatic heterocycles. The van der Waals surface area contributed by atoms with Crippen molar-refractivity contribution in [3.63, 3.8) is 0 Å². The van der Waals surface area contributed by atoms with Crippen LogP contribution in [0.4, 0.5) is 0 Å². The lowest BCUT2D eigenvalue weighted by atomic mass is 10.2. The van der Waals surface area contributed by atoms with Gasteiger partial charge in [-0.15, -0.1) is 23.1 Å². The Kier molecular flexibility index (Phi) is 3.89. The van der Waals surface area contributed by atoms with Crippen molar-refractivity contribution in [2.45, 2.75) is 18.7 Å². The van der Waals surface area contributed by atoms with Crippen LogP contribution in [0.25, 0.3) is 0 Å². The molecule has 0 bridgehead atoms. The summed E-state index contributed by atoms with van der Waals surface area (Å²) in [4.78, 5) is 14.9. The molecule has 1 amide bonds. The number of rotatable bonds is 4. The van der Waals surface area contributed by atoms with Crippen molar-refractivity contribution in [3.8, 4) is 0 Å². The van der Waals surface area contributed by atoms with Gasteiger partial charge in [0.05, 0.1) is 5.75 Å². The normalized spacial score (nSPS) is 20.8. The first-order valence-corrected chi connectivity index (χ1v) is 7.23. The van der Waals surface area contributed by atoms with Crippen molar-refractivity contribution in [1.82, 2.24) is 4.90 Å². The van der Waals surface area contributed by atoms with Gasteiger partial charge in [-0.2, -0.15) is 0 Å². The summed E-state index contributed by atoms with van der Waals surface area (Å²) in [6.07, 6.45) is 0.660. The highest BCUT2D eigenvalue weighted by Crippen LogP contribution is 2.42. The zero-order chi connectivity index (χ0) is 11.5. The Morgan fingerprint density at radius 2 is 2.44 bits per heavy atom. The minimum absolute atomic E-state index is 0.143. The van der Waals surface area contributed by atoms with Gasteiger partial charge in [0.15, 0.2) is 0 Å². The van der Waals surface area contributed by atoms with E-state index in [9.17, 15) is 4.79 Å². The van der Waals surface area contributed by atoms with Gasteiger partial charge in [0.2, 0.25) is 5.91 Å². The van der Waals surface area contributed by atoms with Gasteiger partial charge in [0.25, 0.3) is 0 Å². The molecule has 3 nitrogen and oxygen atoms in total. The van der Waals surface area contributed by atoms with Crippen LogP contribution in [-0.4, -0.2) is 34.8 Å². The maximum Gasteiger partial charge on any atom is 0.233 e. The predicted octanol–water partition coefficient (Wildman–Crippen LogP) is 2.01. The number of aliphatic hydroxyl groups excluding tert-OH is 1. The first-order chi connectivity index (χ1) is 7.74. The van der Waals surface area contributed by atoms with Gasteiger partial charge < -0.3 is 10.0 Å². The van der Waals surface area contributed by atoms with Crippen molar-refractivity contribution in [2.75, 3.05) is 18.9 Å². The van der Waals surface area contributed by atoms with Gasteiger partial charge in [-0.1, -0.05) is 0 Å². The molecule has 1 aromatic rings. The largest absolute Gasteiger partial charge is 0.396 e. The zero-order valence-electron chi connectivity index (χ0n) is 9.18. The number of aliphatic hydroxyl groups is 1. The molecule has 16 heavy (non-hydrogen) atoms. The predicted molar refractivity (Wildman–Crippen MR) is 67.7 cm³/mol. The Labute approximate surface area is 103 Å². The SMILES string of the molecule is Cc1ccsc1C1SCC(=O)N1CCCO. The second-order valence-electron chi connectivity index (χ2n) is 3.80. The number of thioether (sulfide) groups is 1. The molecule has 1 N–H and O–H groups in total. The summed E-state index contributed by atoms with van der Waals surface area (Å²) in [5, 5.41) is 11.1. The molecule has 1 fully saturated rings. The molecule has 1 unspecified atom stereocenters. The first-order valence-electron chi connectivity index (χ1n) is 5.30. The zero-order valence-corrected chi connectivity index (χ0v) is 10.8. The smallest absolute Gasteiger partial charge is 0.233 e. The molecule has 0 radical (unpaired) electrons. The standard InChI is InChI=1S/C11H15NO2S2/c1-8-3-6-15-10(8)11-12(4-2-5-13)9(14)7-16-11/h3,6,11,13H,2,4-5,7H2,1H3. The van der Waals surface area contributed by atoms with E-state index in [-0.39, 0.29) is 17.9 Å². The topological polar surface area (TPSA) is 40.5 Å². The lowest BCUT2D eigenvalue weighted by molar-refractivity contribution is -0.128. The summed E-state index contributed by atoms with van der Waals surface area (Å²) in [6, 6.07) is 2.09. The summed E-state index contributed by atoms with van der Waals surface area (Å²) < 4.78 is 0. The number of amides is 1. The fraction of sp³-hybridized carbons (Fsp3) is 0.545. The molecule has 0 aromatic carbocycles. The second kappa shape index (κ2) is 5.21. The van der Waals surface area contributed by atoms with Crippen molar-refractivity contribution >= 4 is 29.0 Å². The molecule has 5 heteroatoms. The number of carbonyl (C=O) groups excluding carboxylic acids is 1. The summed E-state index contributed by atoms with van der Waals surface area (Å²) in [7, 11) is 0. The van der Waals surface area contributed by atoms with Crippen LogP contribution in [0.5, 0.6) is 0 Å². The summed E-state index contributed by atoms with van der Waals surface area (Å²) >= 11 is 3.39. The van der Waals surface area contributed by atoms with Crippen LogP contribution < -0.4 is 0 Å². The molecular formula is C11H15NO2S2. The van der Waals surface area contributed by atoms with E-state index < -0.39 is 0 Å². The molecule has 88 valence electrons. The lowest BCUT2D eigenvalue weighted by Crippen LogP contribution is -2.29. The molecule has 0 spiro atoms. The number of hydrogen-bond acceptors (Lipinski definition) is 4. The van der Waals surface area contributed by atoms with E-state index in [1.165, 1.54) is 10.4 Å². The van der Waals surface area contributed by atoms with E-state index in [4.69, 9.17) is 5.11 Å². The van der Waals surface area contributed by atoms with Crippen molar-refractivity contribution < 1.29 is 9.90 Å². The van der Waals surface area contributed by atoms with Gasteiger partial charge >= 0.3 is 0 Å². The third kappa shape index (κ3) is 2.26. The van der Waals surface area contributed by atoms with Crippen LogP contribution in [0.3, 0.4) is 0 Å². The molecule has 0 saturated carbocycles. The summed E-state index contributed by atoms with van der Waals surface area (Å²) in [6.45, 7) is 2.88. The van der Waals surface area contributed by atoms with Crippen molar-refractivity contribution in [1.29, 1.82) is 0 Å². The van der Waals surface area contributed by atoms with Gasteiger partial charge in [0, 0.05) is 18.0 Å². The third-order valence-electron chi connectivity index (χ3n) is 2.65. The Hall–Kier alpha value is -0.520. The highest BCUT2D eigenvalue weighted by molar-refractivity contribution is 8.00. The number of hydrogen-bond donors (Lipinski definition) is 1. The lowest BCUT2D eigenvalue weighted by Gasteiger charge is -2.23. The third-order valence-corrected chi connectivity index (χ3v) is 5.09. The Bertz CT molecular complexity index is 378. The minimum atomic E-state index is 0.143. The van der Waals surface area contributed by atoms with E-state index in [1.54, 1.807) is 23.1 Å². The Balaban J connectivity index is 2.14. The van der Waals surface area contributed by atoms with Gasteiger partial charge in [-0.3, -0.25) is 4.79 Å². The molecule has 2 rings (SSSR count). The Morgan fingerprint density at radius 1 is 1.62 bits per heavy atom. The summed E-state index contributed by atoms with van der Waals surface area (Å²) in [5.74, 6) is 0.754. The van der Waals surface area contributed by atoms with E-state index >= 15 is 0 Å². The van der Waals surface area contributed by atoms with E-state index in [0.29, 0.717) is 18.7 Å². The van der Waals surface area contributed by atoms with Crippen LogP contribution in [0.2, 0.25) is 0 Å². The average molecular weight is 257 g/mol. The highest BCUT2D eigenvalue weighted by Gasteiger charge is 2.33. The molecular weight excluding hydrogens is 242 g/mol. The maximum absolute atomic E-state index is 11.7. The molecule has 0 aliphatic carbocycles. The molecule has 1 aliphatic heterocycles. The Morgan fingerprint density at radius 3 is 3.06 bits per heavy atom. The molecule has 2 heterocycles. The molecule has 1 atom stereocenters. The van der Waals surface area contributed by atoms with E-state index in [2.05, 4.69) is 18.4 Å².